The minimum atomic E-state index is -0.693. The lowest BCUT2D eigenvalue weighted by Gasteiger charge is -2.12. The molecule has 0 amide bonds. The molecule has 0 spiro atoms. The van der Waals surface area contributed by atoms with E-state index in [9.17, 15) is 4.79 Å². The van der Waals surface area contributed by atoms with E-state index in [1.165, 1.54) is 19.3 Å². The topological polar surface area (TPSA) is 46.5 Å². The van der Waals surface area contributed by atoms with Gasteiger partial charge in [0, 0.05) is 12.0 Å². The van der Waals surface area contributed by atoms with Crippen LogP contribution in [0.1, 0.15) is 51.9 Å². The summed E-state index contributed by atoms with van der Waals surface area (Å²) in [5, 5.41) is 8.71. The molecule has 0 aromatic carbocycles. The lowest BCUT2D eigenvalue weighted by Crippen LogP contribution is -2.15. The van der Waals surface area contributed by atoms with Crippen molar-refractivity contribution in [3.63, 3.8) is 0 Å². The Labute approximate surface area is 91.8 Å². The first-order chi connectivity index (χ1) is 7.18. The Balaban J connectivity index is 1.97. The van der Waals surface area contributed by atoms with Crippen LogP contribution in [-0.4, -0.2) is 24.3 Å². The number of aliphatic carboxylic acids is 1. The van der Waals surface area contributed by atoms with Crippen LogP contribution in [-0.2, 0) is 9.53 Å². The first-order valence-electron chi connectivity index (χ1n) is 5.98. The Morgan fingerprint density at radius 1 is 1.33 bits per heavy atom. The van der Waals surface area contributed by atoms with E-state index in [1.54, 1.807) is 0 Å². The van der Waals surface area contributed by atoms with E-state index in [0.717, 1.165) is 25.9 Å². The molecule has 0 saturated heterocycles. The molecule has 0 aromatic rings. The van der Waals surface area contributed by atoms with E-state index >= 15 is 0 Å². The molecule has 1 aliphatic rings. The van der Waals surface area contributed by atoms with Crippen molar-refractivity contribution in [3.8, 4) is 0 Å². The van der Waals surface area contributed by atoms with Gasteiger partial charge in [-0.3, -0.25) is 4.79 Å². The highest BCUT2D eigenvalue weighted by molar-refractivity contribution is 5.68. The summed E-state index contributed by atoms with van der Waals surface area (Å²) in [7, 11) is 0. The minimum absolute atomic E-state index is 0.00338. The van der Waals surface area contributed by atoms with Gasteiger partial charge in [-0.25, -0.2) is 0 Å². The number of unbranched alkanes of at least 4 members (excludes halogenated alkanes) is 3. The van der Waals surface area contributed by atoms with Gasteiger partial charge in [0.25, 0.3) is 0 Å². The lowest BCUT2D eigenvalue weighted by molar-refractivity contribution is -0.139. The Kier molecular flexibility index (Phi) is 5.09. The number of ether oxygens (including phenoxy) is 1. The van der Waals surface area contributed by atoms with Crippen LogP contribution in [0.5, 0.6) is 0 Å². The maximum atomic E-state index is 10.6. The van der Waals surface area contributed by atoms with Crippen LogP contribution in [0, 0.1) is 5.41 Å². The number of carbonyl (C=O) groups is 1. The average Bonchev–Trinajstić information content (AvgIpc) is 2.91. The number of carboxylic acids is 1. The van der Waals surface area contributed by atoms with Gasteiger partial charge in [-0.1, -0.05) is 26.2 Å². The largest absolute Gasteiger partial charge is 0.481 e. The molecular weight excluding hydrogens is 192 g/mol. The normalized spacial score (nSPS) is 17.7. The Morgan fingerprint density at radius 2 is 2.07 bits per heavy atom. The van der Waals surface area contributed by atoms with Gasteiger partial charge in [0.1, 0.15) is 0 Å². The molecule has 15 heavy (non-hydrogen) atoms. The third-order valence-electron chi connectivity index (χ3n) is 3.03. The van der Waals surface area contributed by atoms with Crippen LogP contribution in [0.25, 0.3) is 0 Å². The van der Waals surface area contributed by atoms with Crippen molar-refractivity contribution in [1.82, 2.24) is 0 Å². The Bertz CT molecular complexity index is 197. The van der Waals surface area contributed by atoms with Crippen molar-refractivity contribution in [2.45, 2.75) is 51.9 Å². The van der Waals surface area contributed by atoms with Gasteiger partial charge in [0.2, 0.25) is 0 Å². The molecule has 1 rings (SSSR count). The molecule has 0 atom stereocenters. The minimum Gasteiger partial charge on any atom is -0.481 e. The summed E-state index contributed by atoms with van der Waals surface area (Å²) >= 11 is 0. The smallest absolute Gasteiger partial charge is 0.303 e. The molecule has 1 fully saturated rings. The average molecular weight is 214 g/mol. The molecule has 1 aliphatic carbocycles. The zero-order chi connectivity index (χ0) is 11.1. The highest BCUT2D eigenvalue weighted by Crippen LogP contribution is 2.48. The number of hydrogen-bond acceptors (Lipinski definition) is 2. The molecule has 3 nitrogen and oxygen atoms in total. The highest BCUT2D eigenvalue weighted by atomic mass is 16.5. The van der Waals surface area contributed by atoms with Crippen LogP contribution < -0.4 is 0 Å². The van der Waals surface area contributed by atoms with Crippen molar-refractivity contribution in [2.75, 3.05) is 13.2 Å². The van der Waals surface area contributed by atoms with Crippen molar-refractivity contribution < 1.29 is 14.6 Å². The van der Waals surface area contributed by atoms with E-state index in [1.807, 2.05) is 0 Å². The third kappa shape index (κ3) is 5.17. The maximum Gasteiger partial charge on any atom is 0.303 e. The van der Waals surface area contributed by atoms with Crippen molar-refractivity contribution >= 4 is 5.97 Å². The summed E-state index contributed by atoms with van der Waals surface area (Å²) in [6, 6.07) is 0. The van der Waals surface area contributed by atoms with E-state index in [2.05, 4.69) is 6.92 Å². The first-order valence-corrected chi connectivity index (χ1v) is 5.98. The van der Waals surface area contributed by atoms with Crippen LogP contribution in [0.2, 0.25) is 0 Å². The molecule has 1 saturated carbocycles. The van der Waals surface area contributed by atoms with E-state index in [-0.39, 0.29) is 11.8 Å². The van der Waals surface area contributed by atoms with Crippen LogP contribution >= 0.6 is 0 Å². The fourth-order valence-corrected chi connectivity index (χ4v) is 1.79. The predicted octanol–water partition coefficient (Wildman–Crippen LogP) is 2.84. The molecule has 0 heterocycles. The first kappa shape index (κ1) is 12.5. The van der Waals surface area contributed by atoms with Gasteiger partial charge in [0.05, 0.1) is 13.0 Å². The highest BCUT2D eigenvalue weighted by Gasteiger charge is 2.44. The van der Waals surface area contributed by atoms with Crippen molar-refractivity contribution in [1.29, 1.82) is 0 Å². The van der Waals surface area contributed by atoms with Crippen LogP contribution in [0.15, 0.2) is 0 Å². The zero-order valence-electron chi connectivity index (χ0n) is 9.63. The fraction of sp³-hybridized carbons (Fsp3) is 0.917. The van der Waals surface area contributed by atoms with Crippen molar-refractivity contribution in [2.24, 2.45) is 5.41 Å². The molecule has 0 bridgehead atoms. The number of rotatable bonds is 9. The van der Waals surface area contributed by atoms with Gasteiger partial charge in [-0.15, -0.1) is 0 Å². The lowest BCUT2D eigenvalue weighted by atomic mass is 10.0. The molecule has 0 aliphatic heterocycles. The van der Waals surface area contributed by atoms with E-state index < -0.39 is 5.97 Å². The molecule has 0 radical (unpaired) electrons. The second kappa shape index (κ2) is 6.11. The Hall–Kier alpha value is -0.570. The summed E-state index contributed by atoms with van der Waals surface area (Å²) in [5.41, 5.74) is -0.00338. The standard InChI is InChI=1S/C12H22O3/c1-2-3-4-5-8-15-10-12(6-7-12)9-11(13)14/h2-10H2,1H3,(H,13,14). The van der Waals surface area contributed by atoms with E-state index in [0.29, 0.717) is 6.61 Å². The third-order valence-corrected chi connectivity index (χ3v) is 3.03. The SMILES string of the molecule is CCCCCCOCC1(CC(=O)O)CC1. The van der Waals surface area contributed by atoms with Gasteiger partial charge in [-0.2, -0.15) is 0 Å². The Morgan fingerprint density at radius 3 is 2.60 bits per heavy atom. The van der Waals surface area contributed by atoms with Gasteiger partial charge in [-0.05, 0) is 19.3 Å². The maximum absolute atomic E-state index is 10.6. The van der Waals surface area contributed by atoms with Crippen LogP contribution in [0.4, 0.5) is 0 Å². The van der Waals surface area contributed by atoms with Gasteiger partial charge >= 0.3 is 5.97 Å². The van der Waals surface area contributed by atoms with Crippen LogP contribution in [0.3, 0.4) is 0 Å². The summed E-state index contributed by atoms with van der Waals surface area (Å²) in [6.45, 7) is 3.62. The van der Waals surface area contributed by atoms with Gasteiger partial charge in [0.15, 0.2) is 0 Å². The molecule has 0 unspecified atom stereocenters. The fourth-order valence-electron chi connectivity index (χ4n) is 1.79. The summed E-state index contributed by atoms with van der Waals surface area (Å²) in [4.78, 5) is 10.6. The second-order valence-corrected chi connectivity index (χ2v) is 4.68. The predicted molar refractivity (Wildman–Crippen MR) is 58.9 cm³/mol. The molecule has 1 N–H and O–H groups in total. The number of hydrogen-bond donors (Lipinski definition) is 1. The monoisotopic (exact) mass is 214 g/mol. The zero-order valence-corrected chi connectivity index (χ0v) is 9.63. The summed E-state index contributed by atoms with van der Waals surface area (Å²) in [5.74, 6) is -0.693. The molecule has 3 heteroatoms. The van der Waals surface area contributed by atoms with E-state index in [4.69, 9.17) is 9.84 Å². The quantitative estimate of drug-likeness (QED) is 0.600. The van der Waals surface area contributed by atoms with Crippen molar-refractivity contribution in [3.05, 3.63) is 0 Å². The second-order valence-electron chi connectivity index (χ2n) is 4.68. The molecule has 88 valence electrons. The molecular formula is C12H22O3. The summed E-state index contributed by atoms with van der Waals surface area (Å²) in [6.07, 6.45) is 7.16. The van der Waals surface area contributed by atoms with Gasteiger partial charge < -0.3 is 9.84 Å². The molecule has 0 aromatic heterocycles. The summed E-state index contributed by atoms with van der Waals surface area (Å²) < 4.78 is 5.55. The number of carboxylic acid groups (broad SMARTS) is 1.